The SMILES string of the molecule is CCCC[Si](C)(C)c1c2c(nc3ccc(O)cc13)-c1cc3c(c(=O)n1C2)COC(=O)[C@@]3(CC)CC(=O)CCCNC(=O)OC(C)(C)C. The van der Waals surface area contributed by atoms with Crippen LogP contribution in [0.15, 0.2) is 29.1 Å². The number of aromatic hydroxyl groups is 1. The number of benzene rings is 1. The van der Waals surface area contributed by atoms with E-state index >= 15 is 0 Å². The van der Waals surface area contributed by atoms with E-state index in [2.05, 4.69) is 25.3 Å². The number of amides is 1. The molecule has 1 amide bonds. The number of pyridine rings is 2. The smallest absolute Gasteiger partial charge is 0.407 e. The fourth-order valence-electron chi connectivity index (χ4n) is 7.17. The molecule has 4 heterocycles. The van der Waals surface area contributed by atoms with E-state index in [1.54, 1.807) is 37.5 Å². The van der Waals surface area contributed by atoms with Gasteiger partial charge in [0.25, 0.3) is 5.56 Å². The van der Waals surface area contributed by atoms with Crippen molar-refractivity contribution >= 4 is 42.0 Å². The molecule has 0 saturated carbocycles. The molecule has 2 N–H and O–H groups in total. The number of alkyl carbamates (subject to hydrolysis) is 1. The van der Waals surface area contributed by atoms with E-state index in [-0.39, 0.29) is 49.5 Å². The molecule has 0 spiro atoms. The van der Waals surface area contributed by atoms with Crippen molar-refractivity contribution in [3.8, 4) is 17.1 Å². The molecule has 2 aliphatic heterocycles. The molecule has 0 unspecified atom stereocenters. The van der Waals surface area contributed by atoms with Crippen molar-refractivity contribution in [3.63, 3.8) is 0 Å². The Labute approximate surface area is 276 Å². The number of ketones is 1. The molecule has 1 atom stereocenters. The first-order chi connectivity index (χ1) is 22.1. The average molecular weight is 662 g/mol. The van der Waals surface area contributed by atoms with Crippen molar-refractivity contribution in [1.82, 2.24) is 14.9 Å². The van der Waals surface area contributed by atoms with Crippen molar-refractivity contribution in [2.75, 3.05) is 6.54 Å². The number of unbranched alkanes of at least 4 members (excludes halogenated alkanes) is 1. The van der Waals surface area contributed by atoms with Gasteiger partial charge in [-0.25, -0.2) is 9.78 Å². The number of nitrogens with one attached hydrogen (secondary N) is 1. The molecule has 0 saturated heterocycles. The second-order valence-electron chi connectivity index (χ2n) is 14.6. The van der Waals surface area contributed by atoms with Crippen LogP contribution in [0.1, 0.15) is 89.8 Å². The summed E-state index contributed by atoms with van der Waals surface area (Å²) in [4.78, 5) is 58.2. The van der Waals surface area contributed by atoms with E-state index in [4.69, 9.17) is 14.5 Å². The predicted octanol–water partition coefficient (Wildman–Crippen LogP) is 5.82. The van der Waals surface area contributed by atoms with Crippen LogP contribution in [0.25, 0.3) is 22.3 Å². The molecule has 47 heavy (non-hydrogen) atoms. The monoisotopic (exact) mass is 661 g/mol. The van der Waals surface area contributed by atoms with E-state index < -0.39 is 31.2 Å². The van der Waals surface area contributed by atoms with Crippen LogP contribution in [0.2, 0.25) is 19.1 Å². The fourth-order valence-corrected chi connectivity index (χ4v) is 10.6. The maximum absolute atomic E-state index is 14.2. The number of esters is 1. The summed E-state index contributed by atoms with van der Waals surface area (Å²) in [5.41, 5.74) is 1.89. The molecule has 0 aliphatic carbocycles. The van der Waals surface area contributed by atoms with Crippen LogP contribution in [0.4, 0.5) is 4.79 Å². The summed E-state index contributed by atoms with van der Waals surface area (Å²) < 4.78 is 12.6. The quantitative estimate of drug-likeness (QED) is 0.117. The predicted molar refractivity (Wildman–Crippen MR) is 184 cm³/mol. The van der Waals surface area contributed by atoms with Gasteiger partial charge in [0, 0.05) is 24.8 Å². The first kappa shape index (κ1) is 34.3. The lowest BCUT2D eigenvalue weighted by Crippen LogP contribution is -2.46. The number of fused-ring (bicyclic) bond motifs is 5. The highest BCUT2D eigenvalue weighted by molar-refractivity contribution is 6.91. The summed E-state index contributed by atoms with van der Waals surface area (Å²) in [6, 6.07) is 8.20. The zero-order valence-corrected chi connectivity index (χ0v) is 29.7. The Morgan fingerprint density at radius 1 is 1.13 bits per heavy atom. The number of aromatic nitrogens is 2. The molecule has 2 aromatic heterocycles. The standard InChI is InChI=1S/C36H47N3O7Si/c1-8-10-16-47(6,7)31-24-17-22(40)13-14-28(24)38-30-25(31)20-39-29(30)18-27-26(32(39)42)21-45-33(43)36(27,9-2)19-23(41)12-11-15-37-34(44)46-35(3,4)5/h13-14,17-18,40H,8-12,15-16,19-21H2,1-7H3,(H,37,44)/t36-/m0/s1. The molecule has 0 fully saturated rings. The van der Waals surface area contributed by atoms with Crippen LogP contribution in [0.5, 0.6) is 5.75 Å². The zero-order valence-electron chi connectivity index (χ0n) is 28.7. The van der Waals surface area contributed by atoms with Gasteiger partial charge < -0.3 is 24.5 Å². The van der Waals surface area contributed by atoms with Crippen LogP contribution in [0.3, 0.4) is 0 Å². The topological polar surface area (TPSA) is 137 Å². The molecular weight excluding hydrogens is 614 g/mol. The largest absolute Gasteiger partial charge is 0.508 e. The van der Waals surface area contributed by atoms with Gasteiger partial charge in [-0.1, -0.05) is 45.8 Å². The lowest BCUT2D eigenvalue weighted by Gasteiger charge is -2.36. The summed E-state index contributed by atoms with van der Waals surface area (Å²) >= 11 is 0. The number of Topliss-reactive ketones (excluding diaryl/α,β-unsaturated/α-hetero) is 1. The maximum atomic E-state index is 14.2. The summed E-state index contributed by atoms with van der Waals surface area (Å²) in [5, 5.41) is 15.2. The third kappa shape index (κ3) is 6.59. The van der Waals surface area contributed by atoms with Crippen molar-refractivity contribution < 1.29 is 29.0 Å². The van der Waals surface area contributed by atoms with Gasteiger partial charge in [0.05, 0.1) is 37.1 Å². The minimum Gasteiger partial charge on any atom is -0.508 e. The van der Waals surface area contributed by atoms with E-state index in [9.17, 15) is 24.3 Å². The minimum atomic E-state index is -2.06. The number of hydrogen-bond donors (Lipinski definition) is 2. The van der Waals surface area contributed by atoms with E-state index in [1.165, 1.54) is 5.19 Å². The van der Waals surface area contributed by atoms with Gasteiger partial charge >= 0.3 is 12.1 Å². The van der Waals surface area contributed by atoms with Gasteiger partial charge in [-0.3, -0.25) is 14.4 Å². The molecule has 1 aromatic carbocycles. The summed E-state index contributed by atoms with van der Waals surface area (Å²) in [5.74, 6) is -0.484. The minimum absolute atomic E-state index is 0.107. The van der Waals surface area contributed by atoms with Crippen LogP contribution < -0.4 is 16.1 Å². The van der Waals surface area contributed by atoms with Gasteiger partial charge in [-0.2, -0.15) is 0 Å². The van der Waals surface area contributed by atoms with Crippen LogP contribution in [-0.4, -0.2) is 52.7 Å². The molecule has 11 heteroatoms. The third-order valence-electron chi connectivity index (χ3n) is 9.52. The normalized spacial score (nSPS) is 17.1. The number of hydrogen-bond acceptors (Lipinski definition) is 8. The number of carbonyl (C=O) groups is 3. The van der Waals surface area contributed by atoms with Crippen LogP contribution >= 0.6 is 0 Å². The zero-order chi connectivity index (χ0) is 34.3. The molecule has 5 rings (SSSR count). The number of cyclic esters (lactones) is 1. The van der Waals surface area contributed by atoms with Gasteiger partial charge in [0.15, 0.2) is 0 Å². The Hall–Kier alpha value is -3.99. The Balaban J connectivity index is 1.53. The van der Waals surface area contributed by atoms with Gasteiger partial charge in [0.1, 0.15) is 29.2 Å². The average Bonchev–Trinajstić information content (AvgIpc) is 3.35. The Morgan fingerprint density at radius 3 is 2.55 bits per heavy atom. The first-order valence-electron chi connectivity index (χ1n) is 16.7. The number of ether oxygens (including phenoxy) is 2. The highest BCUT2D eigenvalue weighted by Gasteiger charge is 2.48. The first-order valence-corrected chi connectivity index (χ1v) is 19.9. The van der Waals surface area contributed by atoms with E-state index in [0.717, 1.165) is 41.0 Å². The second kappa shape index (κ2) is 12.9. The lowest BCUT2D eigenvalue weighted by atomic mass is 9.71. The Kier molecular flexibility index (Phi) is 9.42. The molecule has 0 radical (unpaired) electrons. The number of rotatable bonds is 11. The second-order valence-corrected chi connectivity index (χ2v) is 19.3. The van der Waals surface area contributed by atoms with Crippen molar-refractivity contribution in [1.29, 1.82) is 0 Å². The number of phenols is 1. The molecule has 252 valence electrons. The highest BCUT2D eigenvalue weighted by Crippen LogP contribution is 2.42. The van der Waals surface area contributed by atoms with Crippen LogP contribution in [0, 0.1) is 0 Å². The summed E-state index contributed by atoms with van der Waals surface area (Å²) in [6.07, 6.45) is 2.31. The lowest BCUT2D eigenvalue weighted by molar-refractivity contribution is -0.156. The Morgan fingerprint density at radius 2 is 1.87 bits per heavy atom. The van der Waals surface area contributed by atoms with Gasteiger partial charge in [0.2, 0.25) is 0 Å². The maximum Gasteiger partial charge on any atom is 0.407 e. The highest BCUT2D eigenvalue weighted by atomic mass is 28.3. The third-order valence-corrected chi connectivity index (χ3v) is 13.0. The Bertz CT molecular complexity index is 1810. The van der Waals surface area contributed by atoms with Crippen LogP contribution in [-0.2, 0) is 37.6 Å². The van der Waals surface area contributed by atoms with E-state index in [1.807, 2.05) is 19.1 Å². The van der Waals surface area contributed by atoms with Crippen molar-refractivity contribution in [3.05, 3.63) is 51.3 Å². The molecule has 0 bridgehead atoms. The molecular formula is C36H47N3O7Si. The van der Waals surface area contributed by atoms with Gasteiger partial charge in [-0.05, 0) is 74.2 Å². The summed E-state index contributed by atoms with van der Waals surface area (Å²) in [6.45, 7) is 14.5. The van der Waals surface area contributed by atoms with Gasteiger partial charge in [-0.15, -0.1) is 0 Å². The van der Waals surface area contributed by atoms with Crippen molar-refractivity contribution in [2.24, 2.45) is 0 Å². The molecule has 3 aromatic rings. The molecule has 10 nitrogen and oxygen atoms in total. The summed E-state index contributed by atoms with van der Waals surface area (Å²) in [7, 11) is -2.06. The molecule has 2 aliphatic rings. The van der Waals surface area contributed by atoms with E-state index in [0.29, 0.717) is 29.8 Å². The fraction of sp³-hybridized carbons (Fsp3) is 0.528. The number of carbonyl (C=O) groups excluding carboxylic acids is 3. The number of nitrogens with zero attached hydrogens (tertiary/aromatic N) is 2. The number of phenolic OH excluding ortho intramolecular Hbond substituents is 1. The van der Waals surface area contributed by atoms with Crippen molar-refractivity contribution in [2.45, 2.75) is 116 Å².